The highest BCUT2D eigenvalue weighted by Gasteiger charge is 2.27. The third kappa shape index (κ3) is 5.42. The number of rotatable bonds is 3. The van der Waals surface area contributed by atoms with Gasteiger partial charge in [-0.15, -0.1) is 0 Å². The van der Waals surface area contributed by atoms with Gasteiger partial charge in [0, 0.05) is 12.1 Å². The molecule has 0 aromatic heterocycles. The standard InChI is InChI=1S/C12H14FNO4.C5H10O/c13-8-5-6-9(14(16)17)12(7-8)18-11-4-2-1-3-10(11)15;6-5-3-1-2-4-5/h5-7,10-11,15H,1-4H2;5-6H,1-4H2/t10-,11+;/m1./s1. The Morgan fingerprint density at radius 3 is 2.25 bits per heavy atom. The normalized spacial score (nSPS) is 24.1. The van der Waals surface area contributed by atoms with Crippen molar-refractivity contribution in [2.75, 3.05) is 0 Å². The second-order valence-electron chi connectivity index (χ2n) is 6.32. The van der Waals surface area contributed by atoms with Crippen LogP contribution in [0.1, 0.15) is 51.4 Å². The highest BCUT2D eigenvalue weighted by Crippen LogP contribution is 2.31. The van der Waals surface area contributed by atoms with Crippen molar-refractivity contribution in [1.29, 1.82) is 0 Å². The zero-order chi connectivity index (χ0) is 17.5. The first-order chi connectivity index (χ1) is 11.5. The molecule has 134 valence electrons. The molecule has 2 aliphatic carbocycles. The largest absolute Gasteiger partial charge is 0.481 e. The minimum absolute atomic E-state index is 0.0463. The molecular formula is C17H24FNO5. The average molecular weight is 341 g/mol. The number of nitro groups is 1. The topological polar surface area (TPSA) is 92.8 Å². The highest BCUT2D eigenvalue weighted by molar-refractivity contribution is 5.46. The van der Waals surface area contributed by atoms with Gasteiger partial charge in [0.15, 0.2) is 5.75 Å². The van der Waals surface area contributed by atoms with Gasteiger partial charge in [0.1, 0.15) is 11.9 Å². The van der Waals surface area contributed by atoms with E-state index in [9.17, 15) is 19.6 Å². The summed E-state index contributed by atoms with van der Waals surface area (Å²) >= 11 is 0. The summed E-state index contributed by atoms with van der Waals surface area (Å²) < 4.78 is 18.5. The smallest absolute Gasteiger partial charge is 0.311 e. The molecular weight excluding hydrogens is 317 g/mol. The van der Waals surface area contributed by atoms with Gasteiger partial charge < -0.3 is 14.9 Å². The second kappa shape index (κ2) is 8.94. The molecule has 24 heavy (non-hydrogen) atoms. The molecule has 0 radical (unpaired) electrons. The van der Waals surface area contributed by atoms with Crippen LogP contribution in [0.5, 0.6) is 5.75 Å². The summed E-state index contributed by atoms with van der Waals surface area (Å²) in [6, 6.07) is 3.07. The summed E-state index contributed by atoms with van der Waals surface area (Å²) in [5.74, 6) is -0.716. The molecule has 1 aromatic rings. The molecule has 0 amide bonds. The van der Waals surface area contributed by atoms with Crippen LogP contribution in [0.2, 0.25) is 0 Å². The third-order valence-corrected chi connectivity index (χ3v) is 4.39. The molecule has 0 spiro atoms. The molecule has 0 aliphatic heterocycles. The molecule has 2 aliphatic rings. The number of aliphatic hydroxyl groups excluding tert-OH is 2. The van der Waals surface area contributed by atoms with Gasteiger partial charge >= 0.3 is 5.69 Å². The fraction of sp³-hybridized carbons (Fsp3) is 0.647. The summed E-state index contributed by atoms with van der Waals surface area (Å²) in [5, 5.41) is 29.3. The summed E-state index contributed by atoms with van der Waals surface area (Å²) in [6.07, 6.45) is 6.48. The molecule has 0 saturated heterocycles. The summed E-state index contributed by atoms with van der Waals surface area (Å²) in [4.78, 5) is 10.2. The summed E-state index contributed by atoms with van der Waals surface area (Å²) in [5.41, 5.74) is -0.283. The van der Waals surface area contributed by atoms with Crippen LogP contribution in [-0.2, 0) is 0 Å². The van der Waals surface area contributed by atoms with Crippen molar-refractivity contribution in [2.24, 2.45) is 0 Å². The van der Waals surface area contributed by atoms with Gasteiger partial charge in [-0.3, -0.25) is 10.1 Å². The molecule has 1 aromatic carbocycles. The zero-order valence-electron chi connectivity index (χ0n) is 13.6. The first kappa shape index (κ1) is 18.6. The minimum Gasteiger partial charge on any atom is -0.481 e. The lowest BCUT2D eigenvalue weighted by atomic mass is 9.95. The van der Waals surface area contributed by atoms with E-state index in [4.69, 9.17) is 9.84 Å². The van der Waals surface area contributed by atoms with Crippen LogP contribution in [0.4, 0.5) is 10.1 Å². The number of nitro benzene ring substituents is 1. The van der Waals surface area contributed by atoms with Gasteiger partial charge in [0.2, 0.25) is 0 Å². The molecule has 0 heterocycles. The molecule has 0 unspecified atom stereocenters. The maximum Gasteiger partial charge on any atom is 0.311 e. The van der Waals surface area contributed by atoms with Crippen molar-refractivity contribution in [2.45, 2.75) is 69.7 Å². The first-order valence-electron chi connectivity index (χ1n) is 8.44. The number of aliphatic hydroxyl groups is 2. The van der Waals surface area contributed by atoms with Crippen molar-refractivity contribution in [3.8, 4) is 5.75 Å². The number of nitrogens with zero attached hydrogens (tertiary/aromatic N) is 1. The Hall–Kier alpha value is -1.73. The lowest BCUT2D eigenvalue weighted by molar-refractivity contribution is -0.386. The molecule has 2 N–H and O–H groups in total. The molecule has 2 fully saturated rings. The Balaban J connectivity index is 0.000000292. The number of ether oxygens (including phenoxy) is 1. The van der Waals surface area contributed by atoms with E-state index in [0.717, 1.165) is 43.9 Å². The van der Waals surface area contributed by atoms with E-state index in [-0.39, 0.29) is 17.5 Å². The maximum atomic E-state index is 13.1. The number of hydrogen-bond donors (Lipinski definition) is 2. The quantitative estimate of drug-likeness (QED) is 0.650. The Labute approximate surface area is 140 Å². The highest BCUT2D eigenvalue weighted by atomic mass is 19.1. The molecule has 3 rings (SSSR count). The van der Waals surface area contributed by atoms with E-state index in [2.05, 4.69) is 0 Å². The van der Waals surface area contributed by atoms with Crippen molar-refractivity contribution >= 4 is 5.69 Å². The fourth-order valence-corrected chi connectivity index (χ4v) is 3.02. The second-order valence-corrected chi connectivity index (χ2v) is 6.32. The van der Waals surface area contributed by atoms with Crippen molar-refractivity contribution in [1.82, 2.24) is 0 Å². The van der Waals surface area contributed by atoms with Gasteiger partial charge in [-0.25, -0.2) is 4.39 Å². The van der Waals surface area contributed by atoms with Gasteiger partial charge in [-0.2, -0.15) is 0 Å². The van der Waals surface area contributed by atoms with E-state index in [0.29, 0.717) is 12.8 Å². The van der Waals surface area contributed by atoms with Gasteiger partial charge in [-0.1, -0.05) is 19.3 Å². The lowest BCUT2D eigenvalue weighted by Crippen LogP contribution is -2.34. The van der Waals surface area contributed by atoms with Crippen LogP contribution in [-0.4, -0.2) is 33.4 Å². The fourth-order valence-electron chi connectivity index (χ4n) is 3.02. The van der Waals surface area contributed by atoms with Crippen LogP contribution in [0.15, 0.2) is 18.2 Å². The van der Waals surface area contributed by atoms with Gasteiger partial charge in [0.25, 0.3) is 0 Å². The van der Waals surface area contributed by atoms with Gasteiger partial charge in [-0.05, 0) is 38.2 Å². The van der Waals surface area contributed by atoms with Crippen molar-refractivity contribution in [3.63, 3.8) is 0 Å². The molecule has 2 atom stereocenters. The predicted molar refractivity (Wildman–Crippen MR) is 86.4 cm³/mol. The van der Waals surface area contributed by atoms with Crippen molar-refractivity contribution < 1.29 is 24.3 Å². The molecule has 6 nitrogen and oxygen atoms in total. The maximum absolute atomic E-state index is 13.1. The number of halogens is 1. The van der Waals surface area contributed by atoms with E-state index in [1.54, 1.807) is 0 Å². The predicted octanol–water partition coefficient (Wildman–Crippen LogP) is 3.34. The van der Waals surface area contributed by atoms with Crippen LogP contribution < -0.4 is 4.74 Å². The van der Waals surface area contributed by atoms with E-state index in [1.165, 1.54) is 12.8 Å². The van der Waals surface area contributed by atoms with Crippen LogP contribution in [0.25, 0.3) is 0 Å². The van der Waals surface area contributed by atoms with Crippen molar-refractivity contribution in [3.05, 3.63) is 34.1 Å². The van der Waals surface area contributed by atoms with E-state index < -0.39 is 22.9 Å². The van der Waals surface area contributed by atoms with Crippen LogP contribution in [0.3, 0.4) is 0 Å². The Morgan fingerprint density at radius 1 is 1.08 bits per heavy atom. The first-order valence-corrected chi connectivity index (χ1v) is 8.44. The average Bonchev–Trinajstić information content (AvgIpc) is 3.01. The molecule has 7 heteroatoms. The Kier molecular flexibility index (Phi) is 6.93. The monoisotopic (exact) mass is 341 g/mol. The Morgan fingerprint density at radius 2 is 1.71 bits per heavy atom. The molecule has 0 bridgehead atoms. The van der Waals surface area contributed by atoms with Crippen LogP contribution >= 0.6 is 0 Å². The SMILES string of the molecule is O=[N+]([O-])c1ccc(F)cc1O[C@H]1CCCC[C@H]1O.OC1CCCC1. The van der Waals surface area contributed by atoms with E-state index >= 15 is 0 Å². The minimum atomic E-state index is -0.651. The number of benzene rings is 1. The zero-order valence-corrected chi connectivity index (χ0v) is 13.6. The van der Waals surface area contributed by atoms with E-state index in [1.807, 2.05) is 0 Å². The summed E-state index contributed by atoms with van der Waals surface area (Å²) in [6.45, 7) is 0. The Bertz CT molecular complexity index is 548. The molecule has 2 saturated carbocycles. The number of hydrogen-bond acceptors (Lipinski definition) is 5. The third-order valence-electron chi connectivity index (χ3n) is 4.39. The van der Waals surface area contributed by atoms with Crippen LogP contribution in [0, 0.1) is 15.9 Å². The summed E-state index contributed by atoms with van der Waals surface area (Å²) in [7, 11) is 0. The van der Waals surface area contributed by atoms with Gasteiger partial charge in [0.05, 0.1) is 17.1 Å². The lowest BCUT2D eigenvalue weighted by Gasteiger charge is -2.27.